The van der Waals surface area contributed by atoms with Crippen molar-refractivity contribution in [2.75, 3.05) is 11.9 Å². The molecule has 0 aliphatic heterocycles. The Balaban J connectivity index is 2.31. The molecule has 3 N–H and O–H groups in total. The lowest BCUT2D eigenvalue weighted by atomic mass is 10.1. The molecular weight excluding hydrogens is 350 g/mol. The first-order valence-electron chi connectivity index (χ1n) is 5.88. The maximum Gasteiger partial charge on any atom is 0.131 e. The fraction of sp³-hybridized carbons (Fsp3) is 0.143. The summed E-state index contributed by atoms with van der Waals surface area (Å²) in [5, 5.41) is 3.48. The van der Waals surface area contributed by atoms with E-state index in [0.29, 0.717) is 10.7 Å². The van der Waals surface area contributed by atoms with Gasteiger partial charge in [-0.15, -0.1) is 0 Å². The third kappa shape index (κ3) is 3.29. The summed E-state index contributed by atoms with van der Waals surface area (Å²) in [6, 6.07) is 8.21. The molecule has 0 radical (unpaired) electrons. The van der Waals surface area contributed by atoms with Gasteiger partial charge in [-0.1, -0.05) is 17.7 Å². The summed E-state index contributed by atoms with van der Waals surface area (Å²) in [6.07, 6.45) is 0. The molecule has 0 bridgehead atoms. The molecule has 0 spiro atoms. The van der Waals surface area contributed by atoms with Crippen LogP contribution in [0.1, 0.15) is 11.6 Å². The largest absolute Gasteiger partial charge is 0.377 e. The molecule has 0 aliphatic carbocycles. The first-order valence-corrected chi connectivity index (χ1v) is 7.05. The van der Waals surface area contributed by atoms with Crippen LogP contribution < -0.4 is 11.1 Å². The van der Waals surface area contributed by atoms with Crippen molar-refractivity contribution >= 4 is 33.2 Å². The van der Waals surface area contributed by atoms with Crippen molar-refractivity contribution in [2.24, 2.45) is 5.73 Å². The van der Waals surface area contributed by atoms with Crippen LogP contribution in [0.5, 0.6) is 0 Å². The highest BCUT2D eigenvalue weighted by molar-refractivity contribution is 9.10. The Morgan fingerprint density at radius 1 is 1.20 bits per heavy atom. The molecule has 2 rings (SSSR count). The SMILES string of the molecule is NCC(Nc1ccc(Br)c(Cl)c1)c1c(F)cccc1F. The van der Waals surface area contributed by atoms with Gasteiger partial charge in [0.05, 0.1) is 11.1 Å². The number of hydrogen-bond acceptors (Lipinski definition) is 2. The average molecular weight is 362 g/mol. The highest BCUT2D eigenvalue weighted by atomic mass is 79.9. The number of nitrogens with one attached hydrogen (secondary N) is 1. The Morgan fingerprint density at radius 2 is 1.85 bits per heavy atom. The standard InChI is InChI=1S/C14H12BrClF2N2/c15-9-5-4-8(6-10(9)16)20-13(7-19)14-11(17)2-1-3-12(14)18/h1-6,13,20H,7,19H2. The van der Waals surface area contributed by atoms with Crippen LogP contribution in [0.4, 0.5) is 14.5 Å². The van der Waals surface area contributed by atoms with Gasteiger partial charge in [0.2, 0.25) is 0 Å². The molecule has 6 heteroatoms. The molecule has 0 heterocycles. The number of anilines is 1. The van der Waals surface area contributed by atoms with Crippen LogP contribution in [0.2, 0.25) is 5.02 Å². The van der Waals surface area contributed by atoms with Crippen molar-refractivity contribution in [1.82, 2.24) is 0 Å². The van der Waals surface area contributed by atoms with Gasteiger partial charge in [-0.2, -0.15) is 0 Å². The van der Waals surface area contributed by atoms with Crippen LogP contribution in [-0.2, 0) is 0 Å². The van der Waals surface area contributed by atoms with Crippen LogP contribution in [-0.4, -0.2) is 6.54 Å². The van der Waals surface area contributed by atoms with E-state index in [1.807, 2.05) is 0 Å². The summed E-state index contributed by atoms with van der Waals surface area (Å²) < 4.78 is 28.3. The molecule has 0 fully saturated rings. The molecule has 20 heavy (non-hydrogen) atoms. The number of nitrogens with two attached hydrogens (primary N) is 1. The predicted molar refractivity (Wildman–Crippen MR) is 80.9 cm³/mol. The van der Waals surface area contributed by atoms with Gasteiger partial charge in [0.25, 0.3) is 0 Å². The maximum absolute atomic E-state index is 13.8. The first kappa shape index (κ1) is 15.2. The van der Waals surface area contributed by atoms with Crippen LogP contribution in [0.3, 0.4) is 0 Å². The topological polar surface area (TPSA) is 38.0 Å². The van der Waals surface area contributed by atoms with E-state index in [2.05, 4.69) is 21.2 Å². The van der Waals surface area contributed by atoms with Crippen LogP contribution in [0.25, 0.3) is 0 Å². The molecule has 0 aromatic heterocycles. The van der Waals surface area contributed by atoms with Crippen LogP contribution in [0.15, 0.2) is 40.9 Å². The van der Waals surface area contributed by atoms with Gasteiger partial charge in [-0.3, -0.25) is 0 Å². The lowest BCUT2D eigenvalue weighted by Gasteiger charge is -2.20. The quantitative estimate of drug-likeness (QED) is 0.842. The molecule has 1 atom stereocenters. The second-order valence-corrected chi connectivity index (χ2v) is 5.46. The third-order valence-corrected chi connectivity index (χ3v) is 4.08. The minimum absolute atomic E-state index is 0.0472. The van der Waals surface area contributed by atoms with E-state index in [4.69, 9.17) is 17.3 Å². The van der Waals surface area contributed by atoms with Crippen LogP contribution >= 0.6 is 27.5 Å². The minimum atomic E-state index is -0.673. The van der Waals surface area contributed by atoms with Crippen molar-refractivity contribution in [3.63, 3.8) is 0 Å². The summed E-state index contributed by atoms with van der Waals surface area (Å²) in [5.41, 5.74) is 6.18. The Labute approximate surface area is 129 Å². The normalized spacial score (nSPS) is 12.2. The zero-order valence-electron chi connectivity index (χ0n) is 10.3. The molecule has 2 aromatic carbocycles. The Bertz CT molecular complexity index is 602. The van der Waals surface area contributed by atoms with Crippen molar-refractivity contribution in [3.05, 3.63) is 63.1 Å². The summed E-state index contributed by atoms with van der Waals surface area (Å²) in [7, 11) is 0. The smallest absolute Gasteiger partial charge is 0.131 e. The van der Waals surface area contributed by atoms with Gasteiger partial charge >= 0.3 is 0 Å². The van der Waals surface area contributed by atoms with Crippen molar-refractivity contribution in [1.29, 1.82) is 0 Å². The van der Waals surface area contributed by atoms with E-state index in [1.165, 1.54) is 18.2 Å². The second-order valence-electron chi connectivity index (χ2n) is 4.20. The Morgan fingerprint density at radius 3 is 2.40 bits per heavy atom. The predicted octanol–water partition coefficient (Wildman–Crippen LogP) is 4.49. The number of rotatable bonds is 4. The van der Waals surface area contributed by atoms with Crippen LogP contribution in [0, 0.1) is 11.6 Å². The third-order valence-electron chi connectivity index (χ3n) is 2.84. The molecular formula is C14H12BrClF2N2. The zero-order chi connectivity index (χ0) is 14.7. The number of hydrogen-bond donors (Lipinski definition) is 2. The van der Waals surface area contributed by atoms with Gasteiger partial charge in [0.1, 0.15) is 11.6 Å². The van der Waals surface area contributed by atoms with Gasteiger partial charge in [0.15, 0.2) is 0 Å². The minimum Gasteiger partial charge on any atom is -0.377 e. The number of halogens is 4. The van der Waals surface area contributed by atoms with E-state index in [9.17, 15) is 8.78 Å². The molecule has 0 amide bonds. The monoisotopic (exact) mass is 360 g/mol. The van der Waals surface area contributed by atoms with E-state index in [-0.39, 0.29) is 12.1 Å². The second kappa shape index (κ2) is 6.52. The van der Waals surface area contributed by atoms with Crippen molar-refractivity contribution in [3.8, 4) is 0 Å². The van der Waals surface area contributed by atoms with E-state index in [1.54, 1.807) is 18.2 Å². The van der Waals surface area contributed by atoms with E-state index >= 15 is 0 Å². The summed E-state index contributed by atoms with van der Waals surface area (Å²) in [5.74, 6) is -1.26. The molecule has 1 unspecified atom stereocenters. The van der Waals surface area contributed by atoms with E-state index in [0.717, 1.165) is 4.47 Å². The van der Waals surface area contributed by atoms with Gasteiger partial charge in [0, 0.05) is 22.3 Å². The number of benzene rings is 2. The highest BCUT2D eigenvalue weighted by Crippen LogP contribution is 2.29. The maximum atomic E-state index is 13.8. The zero-order valence-corrected chi connectivity index (χ0v) is 12.7. The van der Waals surface area contributed by atoms with Crippen molar-refractivity contribution in [2.45, 2.75) is 6.04 Å². The molecule has 106 valence electrons. The Kier molecular flexibility index (Phi) is 4.96. The molecule has 2 aromatic rings. The first-order chi connectivity index (χ1) is 9.52. The summed E-state index contributed by atoms with van der Waals surface area (Å²) >= 11 is 9.26. The fourth-order valence-corrected chi connectivity index (χ4v) is 2.31. The van der Waals surface area contributed by atoms with Gasteiger partial charge in [-0.25, -0.2) is 8.78 Å². The summed E-state index contributed by atoms with van der Waals surface area (Å²) in [4.78, 5) is 0. The molecule has 2 nitrogen and oxygen atoms in total. The van der Waals surface area contributed by atoms with Gasteiger partial charge < -0.3 is 11.1 Å². The van der Waals surface area contributed by atoms with Crippen molar-refractivity contribution < 1.29 is 8.78 Å². The Hall–Kier alpha value is -1.17. The average Bonchev–Trinajstić information content (AvgIpc) is 2.41. The molecule has 0 saturated heterocycles. The van der Waals surface area contributed by atoms with Gasteiger partial charge in [-0.05, 0) is 46.3 Å². The van der Waals surface area contributed by atoms with E-state index < -0.39 is 17.7 Å². The lowest BCUT2D eigenvalue weighted by molar-refractivity contribution is 0.537. The fourth-order valence-electron chi connectivity index (χ4n) is 1.88. The molecule has 0 saturated carbocycles. The summed E-state index contributed by atoms with van der Waals surface area (Å²) in [6.45, 7) is 0.0472. The lowest BCUT2D eigenvalue weighted by Crippen LogP contribution is -2.23. The molecule has 0 aliphatic rings. The highest BCUT2D eigenvalue weighted by Gasteiger charge is 2.18.